The Labute approximate surface area is 136 Å². The maximum Gasteiger partial charge on any atom is 0.292 e. The lowest BCUT2D eigenvalue weighted by atomic mass is 10.0. The van der Waals surface area contributed by atoms with E-state index in [2.05, 4.69) is 10.6 Å². The quantitative estimate of drug-likeness (QED) is 0.510. The summed E-state index contributed by atoms with van der Waals surface area (Å²) in [6.07, 6.45) is 1.63. The summed E-state index contributed by atoms with van der Waals surface area (Å²) in [5, 5.41) is 17.2. The van der Waals surface area contributed by atoms with E-state index in [-0.39, 0.29) is 11.6 Å². The van der Waals surface area contributed by atoms with Crippen molar-refractivity contribution in [3.8, 4) is 0 Å². The Morgan fingerprint density at radius 2 is 2.04 bits per heavy atom. The third-order valence-electron chi connectivity index (χ3n) is 3.56. The number of nitro groups is 1. The molecule has 0 unspecified atom stereocenters. The number of carbonyl (C=O) groups is 1. The number of hydrogen-bond donors (Lipinski definition) is 2. The van der Waals surface area contributed by atoms with Gasteiger partial charge in [0.05, 0.1) is 10.6 Å². The highest BCUT2D eigenvalue weighted by molar-refractivity contribution is 6.36. The number of halogens is 1. The van der Waals surface area contributed by atoms with Crippen LogP contribution >= 0.6 is 11.6 Å². The SMILES string of the molecule is CNc1ccc(C=C2C(=O)Nc3cc(Cl)ccc32)cc1[N+](=O)[O-]. The fourth-order valence-electron chi connectivity index (χ4n) is 2.48. The zero-order valence-electron chi connectivity index (χ0n) is 12.1. The van der Waals surface area contributed by atoms with E-state index in [0.717, 1.165) is 5.56 Å². The van der Waals surface area contributed by atoms with Crippen molar-refractivity contribution in [1.29, 1.82) is 0 Å². The Kier molecular flexibility index (Phi) is 3.75. The van der Waals surface area contributed by atoms with E-state index < -0.39 is 4.92 Å². The van der Waals surface area contributed by atoms with Crippen molar-refractivity contribution in [2.75, 3.05) is 17.7 Å². The maximum atomic E-state index is 12.1. The van der Waals surface area contributed by atoms with Crippen molar-refractivity contribution in [2.24, 2.45) is 0 Å². The Bertz CT molecular complexity index is 862. The van der Waals surface area contributed by atoms with Crippen LogP contribution < -0.4 is 10.6 Å². The van der Waals surface area contributed by atoms with Crippen molar-refractivity contribution >= 4 is 46.2 Å². The second-order valence-electron chi connectivity index (χ2n) is 4.99. The zero-order chi connectivity index (χ0) is 16.6. The molecule has 1 aliphatic rings. The van der Waals surface area contributed by atoms with Gasteiger partial charge >= 0.3 is 0 Å². The minimum atomic E-state index is -0.462. The molecule has 0 fully saturated rings. The molecular formula is C16H12ClN3O3. The van der Waals surface area contributed by atoms with Gasteiger partial charge in [-0.2, -0.15) is 0 Å². The summed E-state index contributed by atoms with van der Waals surface area (Å²) in [6, 6.07) is 9.87. The summed E-state index contributed by atoms with van der Waals surface area (Å²) in [5.41, 5.74) is 2.75. The van der Waals surface area contributed by atoms with Gasteiger partial charge in [0.25, 0.3) is 11.6 Å². The summed E-state index contributed by atoms with van der Waals surface area (Å²) in [7, 11) is 1.62. The van der Waals surface area contributed by atoms with Crippen molar-refractivity contribution in [3.63, 3.8) is 0 Å². The summed E-state index contributed by atoms with van der Waals surface area (Å²) >= 11 is 5.92. The molecule has 1 heterocycles. The van der Waals surface area contributed by atoms with E-state index in [9.17, 15) is 14.9 Å². The number of anilines is 2. The van der Waals surface area contributed by atoms with E-state index in [4.69, 9.17) is 11.6 Å². The predicted octanol–water partition coefficient (Wildman–Crippen LogP) is 3.78. The molecule has 0 atom stereocenters. The van der Waals surface area contributed by atoms with Gasteiger partial charge in [-0.1, -0.05) is 23.7 Å². The van der Waals surface area contributed by atoms with Gasteiger partial charge in [0.1, 0.15) is 5.69 Å². The van der Waals surface area contributed by atoms with Crippen LogP contribution in [0.25, 0.3) is 11.6 Å². The minimum Gasteiger partial charge on any atom is -0.383 e. The third-order valence-corrected chi connectivity index (χ3v) is 3.80. The molecule has 7 heteroatoms. The number of nitrogens with one attached hydrogen (secondary N) is 2. The van der Waals surface area contributed by atoms with Crippen LogP contribution in [0.4, 0.5) is 17.1 Å². The standard InChI is InChI=1S/C16H12ClN3O3/c1-18-13-5-2-9(7-15(13)20(22)23)6-12-11-4-3-10(17)8-14(11)19-16(12)21/h2-8,18H,1H3,(H,19,21). The van der Waals surface area contributed by atoms with E-state index >= 15 is 0 Å². The molecule has 0 saturated carbocycles. The van der Waals surface area contributed by atoms with Crippen LogP contribution in [-0.4, -0.2) is 17.9 Å². The van der Waals surface area contributed by atoms with Gasteiger partial charge in [-0.3, -0.25) is 14.9 Å². The van der Waals surface area contributed by atoms with Crippen LogP contribution in [0.2, 0.25) is 5.02 Å². The largest absolute Gasteiger partial charge is 0.383 e. The highest BCUT2D eigenvalue weighted by Gasteiger charge is 2.24. The number of nitro benzene ring substituents is 1. The highest BCUT2D eigenvalue weighted by atomic mass is 35.5. The van der Waals surface area contributed by atoms with E-state index in [1.807, 2.05) is 0 Å². The second kappa shape index (κ2) is 5.73. The van der Waals surface area contributed by atoms with Crippen molar-refractivity contribution in [1.82, 2.24) is 0 Å². The van der Waals surface area contributed by atoms with Crippen LogP contribution in [0.15, 0.2) is 36.4 Å². The van der Waals surface area contributed by atoms with Crippen LogP contribution in [0.5, 0.6) is 0 Å². The van der Waals surface area contributed by atoms with Crippen molar-refractivity contribution in [3.05, 3.63) is 62.7 Å². The highest BCUT2D eigenvalue weighted by Crippen LogP contribution is 2.35. The molecule has 6 nitrogen and oxygen atoms in total. The van der Waals surface area contributed by atoms with Gasteiger partial charge in [-0.25, -0.2) is 0 Å². The average Bonchev–Trinajstić information content (AvgIpc) is 2.82. The third kappa shape index (κ3) is 2.76. The van der Waals surface area contributed by atoms with Gasteiger partial charge < -0.3 is 10.6 Å². The normalized spacial score (nSPS) is 14.5. The molecule has 0 spiro atoms. The molecule has 2 N–H and O–H groups in total. The fraction of sp³-hybridized carbons (Fsp3) is 0.0625. The first-order chi connectivity index (χ1) is 11.0. The Hall–Kier alpha value is -2.86. The lowest BCUT2D eigenvalue weighted by molar-refractivity contribution is -0.383. The fourth-order valence-corrected chi connectivity index (χ4v) is 2.65. The molecule has 0 saturated heterocycles. The van der Waals surface area contributed by atoms with E-state index in [1.54, 1.807) is 43.5 Å². The molecule has 3 rings (SSSR count). The number of carbonyl (C=O) groups excluding carboxylic acids is 1. The first-order valence-corrected chi connectivity index (χ1v) is 7.16. The predicted molar refractivity (Wildman–Crippen MR) is 90.6 cm³/mol. The topological polar surface area (TPSA) is 84.3 Å². The van der Waals surface area contributed by atoms with Gasteiger partial charge in [-0.15, -0.1) is 0 Å². The Morgan fingerprint density at radius 3 is 2.74 bits per heavy atom. The summed E-state index contributed by atoms with van der Waals surface area (Å²) in [6.45, 7) is 0. The summed E-state index contributed by atoms with van der Waals surface area (Å²) < 4.78 is 0. The molecule has 0 bridgehead atoms. The van der Waals surface area contributed by atoms with Crippen LogP contribution in [0.1, 0.15) is 11.1 Å². The minimum absolute atomic E-state index is 0.0448. The van der Waals surface area contributed by atoms with Crippen molar-refractivity contribution in [2.45, 2.75) is 0 Å². The monoisotopic (exact) mass is 329 g/mol. The number of hydrogen-bond acceptors (Lipinski definition) is 4. The molecule has 2 aromatic rings. The lowest BCUT2D eigenvalue weighted by Crippen LogP contribution is -2.03. The molecule has 0 aromatic heterocycles. The first-order valence-electron chi connectivity index (χ1n) is 6.79. The zero-order valence-corrected chi connectivity index (χ0v) is 12.8. The van der Waals surface area contributed by atoms with Crippen molar-refractivity contribution < 1.29 is 9.72 Å². The van der Waals surface area contributed by atoms with Crippen LogP contribution in [0.3, 0.4) is 0 Å². The molecule has 0 radical (unpaired) electrons. The maximum absolute atomic E-state index is 12.1. The van der Waals surface area contributed by atoms with Gasteiger partial charge in [-0.05, 0) is 29.8 Å². The number of nitrogens with zero attached hydrogens (tertiary/aromatic N) is 1. The second-order valence-corrected chi connectivity index (χ2v) is 5.42. The number of amides is 1. The van der Waals surface area contributed by atoms with Gasteiger partial charge in [0.2, 0.25) is 0 Å². The van der Waals surface area contributed by atoms with E-state index in [0.29, 0.717) is 27.5 Å². The molecule has 0 aliphatic carbocycles. The molecule has 116 valence electrons. The summed E-state index contributed by atoms with van der Waals surface area (Å²) in [4.78, 5) is 22.8. The summed E-state index contributed by atoms with van der Waals surface area (Å²) in [5.74, 6) is -0.261. The van der Waals surface area contributed by atoms with Crippen LogP contribution in [0, 0.1) is 10.1 Å². The number of benzene rings is 2. The smallest absolute Gasteiger partial charge is 0.292 e. The first kappa shape index (κ1) is 15.1. The van der Waals surface area contributed by atoms with E-state index in [1.165, 1.54) is 6.07 Å². The molecule has 23 heavy (non-hydrogen) atoms. The molecule has 1 amide bonds. The Morgan fingerprint density at radius 1 is 1.26 bits per heavy atom. The Balaban J connectivity index is 2.08. The van der Waals surface area contributed by atoms with Crippen LogP contribution in [-0.2, 0) is 4.79 Å². The average molecular weight is 330 g/mol. The van der Waals surface area contributed by atoms with Gasteiger partial charge in [0.15, 0.2) is 0 Å². The van der Waals surface area contributed by atoms with Gasteiger partial charge in [0, 0.05) is 29.3 Å². The molecule has 1 aliphatic heterocycles. The lowest BCUT2D eigenvalue weighted by Gasteiger charge is -2.04. The number of rotatable bonds is 3. The number of fused-ring (bicyclic) bond motifs is 1. The molecular weight excluding hydrogens is 318 g/mol. The molecule has 2 aromatic carbocycles.